The van der Waals surface area contributed by atoms with Gasteiger partial charge in [0.05, 0.1) is 0 Å². The minimum atomic E-state index is 0.419. The van der Waals surface area contributed by atoms with Crippen molar-refractivity contribution in [2.24, 2.45) is 0 Å². The summed E-state index contributed by atoms with van der Waals surface area (Å²) in [5.41, 5.74) is 24.1. The van der Waals surface area contributed by atoms with Gasteiger partial charge in [0.25, 0.3) is 0 Å². The van der Waals surface area contributed by atoms with Crippen LogP contribution in [0.15, 0.2) is 84.9 Å². The van der Waals surface area contributed by atoms with E-state index in [-0.39, 0.29) is 0 Å². The average Bonchev–Trinajstić information content (AvgIpc) is 3.28. The predicted molar refractivity (Wildman–Crippen MR) is 151 cm³/mol. The number of hydrogen-bond acceptors (Lipinski definition) is 0. The lowest BCUT2D eigenvalue weighted by Crippen LogP contribution is -2.64. The van der Waals surface area contributed by atoms with Crippen LogP contribution in [0.3, 0.4) is 0 Å². The van der Waals surface area contributed by atoms with E-state index in [2.05, 4.69) is 91.9 Å². The van der Waals surface area contributed by atoms with Crippen LogP contribution in [0.5, 0.6) is 0 Å². The second-order valence-electron chi connectivity index (χ2n) is 11.3. The molecule has 4 aliphatic rings. The van der Waals surface area contributed by atoms with Gasteiger partial charge < -0.3 is 0 Å². The van der Waals surface area contributed by atoms with E-state index in [4.69, 9.17) is 0 Å². The van der Waals surface area contributed by atoms with Gasteiger partial charge in [-0.2, -0.15) is 0 Å². The molecule has 0 bridgehead atoms. The number of fused-ring (bicyclic) bond motifs is 3. The monoisotopic (exact) mass is 456 g/mol. The summed E-state index contributed by atoms with van der Waals surface area (Å²) in [6, 6.07) is 32.9. The fourth-order valence-electron chi connectivity index (χ4n) is 8.06. The predicted octanol–water partition coefficient (Wildman–Crippen LogP) is 5.46. The molecule has 0 saturated heterocycles. The highest BCUT2D eigenvalue weighted by atomic mass is 14.3. The van der Waals surface area contributed by atoms with E-state index in [1.54, 1.807) is 27.5 Å². The van der Waals surface area contributed by atoms with E-state index in [0.717, 1.165) is 25.7 Å². The second kappa shape index (κ2) is 6.68. The fourth-order valence-corrected chi connectivity index (χ4v) is 8.06. The molecule has 0 nitrogen and oxygen atoms in total. The van der Waals surface area contributed by atoms with E-state index in [9.17, 15) is 0 Å². The summed E-state index contributed by atoms with van der Waals surface area (Å²) < 4.78 is 0. The molecule has 5 aromatic carbocycles. The van der Waals surface area contributed by atoms with Crippen molar-refractivity contribution < 1.29 is 0 Å². The van der Waals surface area contributed by atoms with Crippen molar-refractivity contribution in [2.75, 3.05) is 0 Å². The van der Waals surface area contributed by atoms with Gasteiger partial charge in [-0.05, 0) is 105 Å². The normalized spacial score (nSPS) is 14.9. The van der Waals surface area contributed by atoms with Crippen LogP contribution in [0.25, 0.3) is 22.3 Å². The summed E-state index contributed by atoms with van der Waals surface area (Å²) in [5, 5.41) is 0. The molecule has 5 aromatic rings. The van der Waals surface area contributed by atoms with Gasteiger partial charge in [-0.1, -0.05) is 101 Å². The fraction of sp³-hybridized carbons (Fsp3) is 0.143. The Morgan fingerprint density at radius 1 is 0.472 bits per heavy atom. The van der Waals surface area contributed by atoms with Crippen LogP contribution in [-0.2, 0) is 25.7 Å². The Kier molecular flexibility index (Phi) is 3.59. The molecule has 0 saturated carbocycles. The van der Waals surface area contributed by atoms with Crippen LogP contribution in [-0.4, -0.2) is 6.71 Å². The van der Waals surface area contributed by atoms with Crippen molar-refractivity contribution in [3.05, 3.63) is 135 Å². The maximum absolute atomic E-state index is 2.54. The molecule has 3 aliphatic heterocycles. The minimum Gasteiger partial charge on any atom is -0.0617 e. The van der Waals surface area contributed by atoms with Gasteiger partial charge in [0.1, 0.15) is 0 Å². The second-order valence-corrected chi connectivity index (χ2v) is 11.3. The first kappa shape index (κ1) is 19.4. The molecule has 0 atom stereocenters. The average molecular weight is 456 g/mol. The van der Waals surface area contributed by atoms with Gasteiger partial charge in [0.2, 0.25) is 6.71 Å². The third kappa shape index (κ3) is 2.36. The van der Waals surface area contributed by atoms with Crippen LogP contribution in [0.1, 0.15) is 50.1 Å². The van der Waals surface area contributed by atoms with Crippen LogP contribution in [0, 0.1) is 6.92 Å². The van der Waals surface area contributed by atoms with E-state index in [1.807, 2.05) is 0 Å². The molecule has 1 aliphatic carbocycles. The number of rotatable bonds is 1. The molecule has 36 heavy (non-hydrogen) atoms. The largest absolute Gasteiger partial charge is 0.243 e. The summed E-state index contributed by atoms with van der Waals surface area (Å²) in [7, 11) is 0. The molecular weight excluding hydrogens is 431 g/mol. The first-order chi connectivity index (χ1) is 17.7. The summed E-state index contributed by atoms with van der Waals surface area (Å²) in [6.07, 6.45) is 4.24. The van der Waals surface area contributed by atoms with E-state index < -0.39 is 0 Å². The van der Waals surface area contributed by atoms with Crippen molar-refractivity contribution in [1.82, 2.24) is 0 Å². The van der Waals surface area contributed by atoms with Crippen molar-refractivity contribution in [3.63, 3.8) is 0 Å². The molecule has 0 aromatic heterocycles. The van der Waals surface area contributed by atoms with E-state index in [0.29, 0.717) is 6.71 Å². The Bertz CT molecular complexity index is 1730. The quantitative estimate of drug-likeness (QED) is 0.288. The molecule has 9 rings (SSSR count). The van der Waals surface area contributed by atoms with Gasteiger partial charge in [0, 0.05) is 0 Å². The number of hydrogen-bond donors (Lipinski definition) is 0. The SMILES string of the molecule is Cc1cccc2c1-c1c(cccc1-c1cc3c4c(c1)Cc1cccc5c1B4c1c(cccc1C3)C5)C2. The van der Waals surface area contributed by atoms with Crippen molar-refractivity contribution in [1.29, 1.82) is 0 Å². The molecule has 0 spiro atoms. The summed E-state index contributed by atoms with van der Waals surface area (Å²) in [6.45, 7) is 2.69. The summed E-state index contributed by atoms with van der Waals surface area (Å²) >= 11 is 0. The molecule has 168 valence electrons. The Labute approximate surface area is 212 Å². The zero-order valence-corrected chi connectivity index (χ0v) is 20.5. The maximum Gasteiger partial charge on any atom is 0.243 e. The summed E-state index contributed by atoms with van der Waals surface area (Å²) in [4.78, 5) is 0. The van der Waals surface area contributed by atoms with Gasteiger partial charge >= 0.3 is 0 Å². The highest BCUT2D eigenvalue weighted by molar-refractivity contribution is 6.98. The highest BCUT2D eigenvalue weighted by Gasteiger charge is 2.41. The van der Waals surface area contributed by atoms with Gasteiger partial charge in [-0.15, -0.1) is 0 Å². The van der Waals surface area contributed by atoms with Gasteiger partial charge in [0.15, 0.2) is 0 Å². The van der Waals surface area contributed by atoms with Crippen LogP contribution in [0.4, 0.5) is 0 Å². The van der Waals surface area contributed by atoms with E-state index in [1.165, 1.54) is 61.2 Å². The van der Waals surface area contributed by atoms with Crippen LogP contribution >= 0.6 is 0 Å². The molecule has 3 heterocycles. The Hall–Kier alpha value is -3.84. The molecule has 0 unspecified atom stereocenters. The Morgan fingerprint density at radius 3 is 1.56 bits per heavy atom. The first-order valence-corrected chi connectivity index (χ1v) is 13.3. The molecular formula is C35H25B. The molecule has 1 heteroatoms. The van der Waals surface area contributed by atoms with Crippen LogP contribution in [0.2, 0.25) is 0 Å². The van der Waals surface area contributed by atoms with E-state index >= 15 is 0 Å². The lowest BCUT2D eigenvalue weighted by molar-refractivity contribution is 1.10. The van der Waals surface area contributed by atoms with Crippen molar-refractivity contribution in [3.8, 4) is 22.3 Å². The van der Waals surface area contributed by atoms with Crippen LogP contribution < -0.4 is 16.4 Å². The molecule has 0 fully saturated rings. The standard InChI is InChI=1S/C35H25B/c1-20-6-2-7-21-14-22-8-5-13-30(32(22)31(20)21)27-18-28-16-25-11-3-9-23-15-24-10-4-12-26-17-29(19-27)35(28)36(33(23)25)34(24)26/h2-13,18-19H,14-17H2,1H3. The highest BCUT2D eigenvalue weighted by Crippen LogP contribution is 2.45. The third-order valence-corrected chi connectivity index (χ3v) is 9.39. The van der Waals surface area contributed by atoms with Gasteiger partial charge in [-0.25, -0.2) is 0 Å². The minimum absolute atomic E-state index is 0.419. The first-order valence-electron chi connectivity index (χ1n) is 13.3. The van der Waals surface area contributed by atoms with Crippen molar-refractivity contribution in [2.45, 2.75) is 32.6 Å². The zero-order valence-electron chi connectivity index (χ0n) is 20.5. The Morgan fingerprint density at radius 2 is 0.917 bits per heavy atom. The maximum atomic E-state index is 2.54. The van der Waals surface area contributed by atoms with Crippen molar-refractivity contribution >= 4 is 23.1 Å². The topological polar surface area (TPSA) is 0 Å². The third-order valence-electron chi connectivity index (χ3n) is 9.39. The summed E-state index contributed by atoms with van der Waals surface area (Å²) in [5.74, 6) is 0. The lowest BCUT2D eigenvalue weighted by Gasteiger charge is -2.39. The molecule has 0 amide bonds. The number of benzene rings is 5. The zero-order chi connectivity index (χ0) is 23.5. The number of aryl methyl sites for hydroxylation is 1. The van der Waals surface area contributed by atoms with Gasteiger partial charge in [-0.3, -0.25) is 0 Å². The molecule has 0 N–H and O–H groups in total. The lowest BCUT2D eigenvalue weighted by atomic mass is 9.28. The Balaban J connectivity index is 1.32. The smallest absolute Gasteiger partial charge is 0.0617 e. The molecule has 0 radical (unpaired) electrons.